The first-order chi connectivity index (χ1) is 12.3. The number of likely N-dealkylation sites (tertiary alicyclic amines) is 1. The Balaban J connectivity index is 1.37. The molecule has 1 saturated heterocycles. The fourth-order valence-corrected chi connectivity index (χ4v) is 3.50. The smallest absolute Gasteiger partial charge is 0.271 e. The predicted molar refractivity (Wildman–Crippen MR) is 97.4 cm³/mol. The number of rotatable bonds is 5. The number of pyridine rings is 1. The summed E-state index contributed by atoms with van der Waals surface area (Å²) in [5, 5.41) is 7.40. The maximum Gasteiger partial charge on any atom is 0.271 e. The summed E-state index contributed by atoms with van der Waals surface area (Å²) in [5.74, 6) is -0.102. The number of amides is 1. The molecule has 5 heteroatoms. The molecule has 3 aromatic rings. The van der Waals surface area contributed by atoms with Crippen molar-refractivity contribution in [3.8, 4) is 0 Å². The summed E-state index contributed by atoms with van der Waals surface area (Å²) < 4.78 is 1.73. The number of carbonyl (C=O) groups is 1. The standard InChI is InChI=1S/C20H22N4O/c25-20(19-13-17-9-4-5-12-24(17)22-19)21-14-18-10-6-11-23(18)15-16-7-2-1-3-8-16/h1-5,7-9,12-13,18H,6,10-11,14-15H2,(H,21,25)/t18-/m1/s1. The van der Waals surface area contributed by atoms with Crippen LogP contribution in [0.25, 0.3) is 5.52 Å². The van der Waals surface area contributed by atoms with Crippen LogP contribution in [0.4, 0.5) is 0 Å². The second-order valence-electron chi connectivity index (χ2n) is 6.56. The van der Waals surface area contributed by atoms with Gasteiger partial charge < -0.3 is 5.32 Å². The molecule has 4 rings (SSSR count). The molecule has 0 unspecified atom stereocenters. The predicted octanol–water partition coefficient (Wildman–Crippen LogP) is 2.73. The molecule has 1 aliphatic heterocycles. The number of fused-ring (bicyclic) bond motifs is 1. The van der Waals surface area contributed by atoms with E-state index in [4.69, 9.17) is 0 Å². The van der Waals surface area contributed by atoms with Crippen molar-refractivity contribution in [3.05, 3.63) is 72.1 Å². The molecule has 2 aromatic heterocycles. The largest absolute Gasteiger partial charge is 0.349 e. The molecule has 3 heterocycles. The van der Waals surface area contributed by atoms with E-state index in [1.54, 1.807) is 4.52 Å². The summed E-state index contributed by atoms with van der Waals surface area (Å²) in [6.07, 6.45) is 4.16. The van der Waals surface area contributed by atoms with Crippen molar-refractivity contribution in [2.24, 2.45) is 0 Å². The number of hydrogen-bond acceptors (Lipinski definition) is 3. The van der Waals surface area contributed by atoms with Crippen molar-refractivity contribution in [1.29, 1.82) is 0 Å². The SMILES string of the molecule is O=C(NC[C@H]1CCCN1Cc1ccccc1)c1cc2ccccn2n1. The lowest BCUT2D eigenvalue weighted by Gasteiger charge is -2.24. The molecule has 0 spiro atoms. The number of aromatic nitrogens is 2. The molecule has 1 N–H and O–H groups in total. The van der Waals surface area contributed by atoms with Crippen LogP contribution >= 0.6 is 0 Å². The van der Waals surface area contributed by atoms with Crippen molar-refractivity contribution in [2.75, 3.05) is 13.1 Å². The van der Waals surface area contributed by atoms with Crippen molar-refractivity contribution < 1.29 is 4.79 Å². The highest BCUT2D eigenvalue weighted by atomic mass is 16.1. The van der Waals surface area contributed by atoms with E-state index in [2.05, 4.69) is 39.6 Å². The number of nitrogens with zero attached hydrogens (tertiary/aromatic N) is 3. The Morgan fingerprint density at radius 1 is 1.16 bits per heavy atom. The maximum atomic E-state index is 12.4. The fraction of sp³-hybridized carbons (Fsp3) is 0.300. The van der Waals surface area contributed by atoms with Crippen LogP contribution in [-0.2, 0) is 6.54 Å². The third kappa shape index (κ3) is 3.56. The Hall–Kier alpha value is -2.66. The molecule has 1 aliphatic rings. The summed E-state index contributed by atoms with van der Waals surface area (Å²) in [7, 11) is 0. The Labute approximate surface area is 147 Å². The van der Waals surface area contributed by atoms with E-state index in [1.807, 2.05) is 36.5 Å². The fourth-order valence-electron chi connectivity index (χ4n) is 3.50. The Bertz CT molecular complexity index is 825. The lowest BCUT2D eigenvalue weighted by Crippen LogP contribution is -2.39. The van der Waals surface area contributed by atoms with Gasteiger partial charge in [-0.1, -0.05) is 36.4 Å². The number of carbonyl (C=O) groups excluding carboxylic acids is 1. The first-order valence-corrected chi connectivity index (χ1v) is 8.80. The topological polar surface area (TPSA) is 49.6 Å². The molecule has 5 nitrogen and oxygen atoms in total. The zero-order valence-corrected chi connectivity index (χ0v) is 14.1. The van der Waals surface area contributed by atoms with Crippen molar-refractivity contribution in [2.45, 2.75) is 25.4 Å². The van der Waals surface area contributed by atoms with Crippen LogP contribution in [0, 0.1) is 0 Å². The second-order valence-corrected chi connectivity index (χ2v) is 6.56. The van der Waals surface area contributed by atoms with Gasteiger partial charge in [0.05, 0.1) is 5.52 Å². The first kappa shape index (κ1) is 15.8. The zero-order valence-electron chi connectivity index (χ0n) is 14.1. The monoisotopic (exact) mass is 334 g/mol. The van der Waals surface area contributed by atoms with Crippen molar-refractivity contribution in [3.63, 3.8) is 0 Å². The van der Waals surface area contributed by atoms with Gasteiger partial charge in [0, 0.05) is 25.3 Å². The Morgan fingerprint density at radius 3 is 2.84 bits per heavy atom. The Kier molecular flexibility index (Phi) is 4.48. The molecule has 0 aliphatic carbocycles. The summed E-state index contributed by atoms with van der Waals surface area (Å²) in [6.45, 7) is 2.69. The van der Waals surface area contributed by atoms with Gasteiger partial charge in [0.2, 0.25) is 0 Å². The minimum absolute atomic E-state index is 0.102. The van der Waals surface area contributed by atoms with Crippen molar-refractivity contribution in [1.82, 2.24) is 19.8 Å². The van der Waals surface area contributed by atoms with E-state index in [1.165, 1.54) is 12.0 Å². The van der Waals surface area contributed by atoms with Crippen LogP contribution in [0.3, 0.4) is 0 Å². The number of nitrogens with one attached hydrogen (secondary N) is 1. The molecule has 1 fully saturated rings. The van der Waals surface area contributed by atoms with Gasteiger partial charge in [-0.2, -0.15) is 5.10 Å². The summed E-state index contributed by atoms with van der Waals surface area (Å²) in [6, 6.07) is 18.5. The highest BCUT2D eigenvalue weighted by molar-refractivity contribution is 5.93. The molecule has 1 amide bonds. The molecule has 1 aromatic carbocycles. The van der Waals surface area contributed by atoms with E-state index >= 15 is 0 Å². The van der Waals surface area contributed by atoms with Crippen LogP contribution in [0.1, 0.15) is 28.9 Å². The van der Waals surface area contributed by atoms with Gasteiger partial charge in [-0.15, -0.1) is 0 Å². The molecule has 0 radical (unpaired) electrons. The minimum Gasteiger partial charge on any atom is -0.349 e. The number of hydrogen-bond donors (Lipinski definition) is 1. The summed E-state index contributed by atoms with van der Waals surface area (Å²) in [5.41, 5.74) is 2.72. The van der Waals surface area contributed by atoms with Crippen LogP contribution in [-0.4, -0.2) is 39.6 Å². The van der Waals surface area contributed by atoms with Crippen LogP contribution < -0.4 is 5.32 Å². The van der Waals surface area contributed by atoms with E-state index in [0.29, 0.717) is 18.3 Å². The van der Waals surface area contributed by atoms with Crippen LogP contribution in [0.2, 0.25) is 0 Å². The average Bonchev–Trinajstić information content (AvgIpc) is 3.27. The lowest BCUT2D eigenvalue weighted by atomic mass is 10.2. The van der Waals surface area contributed by atoms with Gasteiger partial charge in [0.15, 0.2) is 5.69 Å². The highest BCUT2D eigenvalue weighted by Crippen LogP contribution is 2.19. The first-order valence-electron chi connectivity index (χ1n) is 8.80. The highest BCUT2D eigenvalue weighted by Gasteiger charge is 2.25. The molecule has 25 heavy (non-hydrogen) atoms. The van der Waals surface area contributed by atoms with Gasteiger partial charge >= 0.3 is 0 Å². The molecule has 0 bridgehead atoms. The van der Waals surface area contributed by atoms with Gasteiger partial charge in [-0.05, 0) is 43.1 Å². The molecular formula is C20H22N4O. The third-order valence-electron chi connectivity index (χ3n) is 4.83. The molecular weight excluding hydrogens is 312 g/mol. The molecule has 128 valence electrons. The van der Waals surface area contributed by atoms with Gasteiger partial charge in [-0.3, -0.25) is 9.69 Å². The van der Waals surface area contributed by atoms with Gasteiger partial charge in [0.25, 0.3) is 5.91 Å². The van der Waals surface area contributed by atoms with Crippen LogP contribution in [0.5, 0.6) is 0 Å². The normalized spacial score (nSPS) is 17.8. The van der Waals surface area contributed by atoms with E-state index < -0.39 is 0 Å². The molecule has 1 atom stereocenters. The van der Waals surface area contributed by atoms with Gasteiger partial charge in [0.1, 0.15) is 0 Å². The average molecular weight is 334 g/mol. The molecule has 0 saturated carbocycles. The lowest BCUT2D eigenvalue weighted by molar-refractivity contribution is 0.0934. The van der Waals surface area contributed by atoms with Crippen molar-refractivity contribution >= 4 is 11.4 Å². The minimum atomic E-state index is -0.102. The Morgan fingerprint density at radius 2 is 2.00 bits per heavy atom. The quantitative estimate of drug-likeness (QED) is 0.780. The zero-order chi connectivity index (χ0) is 17.1. The summed E-state index contributed by atoms with van der Waals surface area (Å²) >= 11 is 0. The van der Waals surface area contributed by atoms with E-state index in [-0.39, 0.29) is 5.91 Å². The van der Waals surface area contributed by atoms with Crippen LogP contribution in [0.15, 0.2) is 60.8 Å². The summed E-state index contributed by atoms with van der Waals surface area (Å²) in [4.78, 5) is 14.9. The van der Waals surface area contributed by atoms with E-state index in [9.17, 15) is 4.79 Å². The maximum absolute atomic E-state index is 12.4. The number of benzene rings is 1. The van der Waals surface area contributed by atoms with E-state index in [0.717, 1.165) is 25.0 Å². The van der Waals surface area contributed by atoms with Gasteiger partial charge in [-0.25, -0.2) is 4.52 Å². The third-order valence-corrected chi connectivity index (χ3v) is 4.83. The second kappa shape index (κ2) is 7.07.